The zero-order chi connectivity index (χ0) is 18.5. The zero-order valence-electron chi connectivity index (χ0n) is 14.4. The van der Waals surface area contributed by atoms with Gasteiger partial charge in [-0.25, -0.2) is 0 Å². The minimum absolute atomic E-state index is 0. The Morgan fingerprint density at radius 2 is 1.48 bits per heavy atom. The summed E-state index contributed by atoms with van der Waals surface area (Å²) in [6.07, 6.45) is -4.73. The Morgan fingerprint density at radius 3 is 1.96 bits per heavy atom. The molecule has 0 fully saturated rings. The molecule has 7 heteroatoms. The third-order valence-corrected chi connectivity index (χ3v) is 2.59. The number of rotatable bonds is 2. The van der Waals surface area contributed by atoms with Crippen LogP contribution in [-0.2, 0) is 0 Å². The summed E-state index contributed by atoms with van der Waals surface area (Å²) in [6.45, 7) is 0. The van der Waals surface area contributed by atoms with Crippen molar-refractivity contribution in [2.75, 3.05) is 28.2 Å². The van der Waals surface area contributed by atoms with Gasteiger partial charge in [-0.2, -0.15) is 13.2 Å². The van der Waals surface area contributed by atoms with E-state index in [1.165, 1.54) is 12.1 Å². The van der Waals surface area contributed by atoms with Crippen molar-refractivity contribution in [3.05, 3.63) is 59.9 Å². The number of hydrogen-bond acceptors (Lipinski definition) is 2. The summed E-state index contributed by atoms with van der Waals surface area (Å²) >= 11 is 0. The van der Waals surface area contributed by atoms with Crippen molar-refractivity contribution in [2.45, 2.75) is 6.18 Å². The first-order valence-electron chi connectivity index (χ1n) is 7.18. The summed E-state index contributed by atoms with van der Waals surface area (Å²) in [7, 11) is 8.50. The van der Waals surface area contributed by atoms with Crippen LogP contribution in [0.15, 0.2) is 54.3 Å². The Bertz CT molecular complexity index is 744. The van der Waals surface area contributed by atoms with Crippen molar-refractivity contribution < 1.29 is 76.9 Å². The van der Waals surface area contributed by atoms with Crippen molar-refractivity contribution in [3.8, 4) is 0 Å². The van der Waals surface area contributed by atoms with Crippen LogP contribution >= 0.6 is 0 Å². The topological polar surface area (TPSA) is 37.3 Å². The minimum atomic E-state index is -4.91. The number of alkyl halides is 3. The molecule has 0 aliphatic rings. The fourth-order valence-corrected chi connectivity index (χ4v) is 1.63. The molecule has 1 radical (unpaired) electrons. The van der Waals surface area contributed by atoms with E-state index in [9.17, 15) is 18.0 Å². The van der Waals surface area contributed by atoms with Gasteiger partial charge in [0.15, 0.2) is 5.78 Å². The van der Waals surface area contributed by atoms with Crippen LogP contribution < -0.4 is 0 Å². The van der Waals surface area contributed by atoms with Crippen molar-refractivity contribution >= 4 is 16.6 Å². The molecule has 2 aromatic carbocycles. The largest absolute Gasteiger partial charge is 0.504 e. The molecule has 137 valence electrons. The first kappa shape index (κ1) is 24.2. The van der Waals surface area contributed by atoms with E-state index in [0.29, 0.717) is 0 Å². The van der Waals surface area contributed by atoms with Gasteiger partial charge >= 0.3 is 6.18 Å². The Kier molecular flexibility index (Phi) is 9.51. The summed E-state index contributed by atoms with van der Waals surface area (Å²) in [5.41, 5.74) is 0.0921. The number of quaternary nitrogens is 1. The molecule has 0 saturated heterocycles. The van der Waals surface area contributed by atoms with E-state index in [0.717, 1.165) is 15.3 Å². The van der Waals surface area contributed by atoms with Gasteiger partial charge in [-0.1, -0.05) is 36.4 Å². The zero-order valence-corrected chi connectivity index (χ0v) is 16.9. The van der Waals surface area contributed by atoms with Gasteiger partial charge in [0.2, 0.25) is 5.76 Å². The molecule has 0 spiro atoms. The third-order valence-electron chi connectivity index (χ3n) is 2.59. The molecule has 0 aliphatic carbocycles. The summed E-state index contributed by atoms with van der Waals surface area (Å²) in [5, 5.41) is 10.4. The van der Waals surface area contributed by atoms with E-state index in [2.05, 4.69) is 28.2 Å². The van der Waals surface area contributed by atoms with E-state index in [4.69, 9.17) is 5.11 Å². The van der Waals surface area contributed by atoms with Gasteiger partial charge in [0.25, 0.3) is 0 Å². The number of carbonyl (C=O) groups excluding carboxylic acids is 1. The fourth-order valence-electron chi connectivity index (χ4n) is 1.63. The van der Waals surface area contributed by atoms with Gasteiger partial charge in [0, 0.05) is 61.0 Å². The van der Waals surface area contributed by atoms with E-state index in [1.807, 2.05) is 12.1 Å². The third kappa shape index (κ3) is 9.49. The molecule has 0 atom stereocenters. The number of allylic oxidation sites excluding steroid dienone is 2. The molecule has 1 N–H and O–H groups in total. The molecule has 0 saturated carbocycles. The first-order valence-corrected chi connectivity index (χ1v) is 7.18. The second kappa shape index (κ2) is 9.81. The number of aliphatic hydroxyl groups is 1. The second-order valence-electron chi connectivity index (χ2n) is 6.64. The van der Waals surface area contributed by atoms with Crippen LogP contribution in [0.25, 0.3) is 10.8 Å². The predicted molar refractivity (Wildman–Crippen MR) is 89.0 cm³/mol. The molecule has 0 aliphatic heterocycles. The molecule has 0 unspecified atom stereocenters. The number of nitrogens with zero attached hydrogens (tertiary/aromatic N) is 1. The van der Waals surface area contributed by atoms with Crippen LogP contribution in [-0.4, -0.2) is 49.7 Å². The molecule has 0 amide bonds. The van der Waals surface area contributed by atoms with Crippen molar-refractivity contribution in [1.82, 2.24) is 0 Å². The molecule has 2 aromatic rings. The standard InChI is InChI=1S/C14H9F3O2.C4H12N.Eu/c15-14(16,17)13(19)8-12(18)11-6-5-9-3-1-2-4-10(9)7-11;1-5(2,3)4;/h1-8,19H;1-4H3;/q;+1;. The Morgan fingerprint density at radius 1 is 1.00 bits per heavy atom. The Hall–Kier alpha value is -0.756. The fraction of sp³-hybridized carbons (Fsp3) is 0.278. The molecule has 0 heterocycles. The monoisotopic (exact) mass is 493 g/mol. The van der Waals surface area contributed by atoms with Gasteiger partial charge in [-0.05, 0) is 16.8 Å². The van der Waals surface area contributed by atoms with Crippen LogP contribution in [0.1, 0.15) is 10.4 Å². The van der Waals surface area contributed by atoms with Crippen molar-refractivity contribution in [1.29, 1.82) is 0 Å². The maximum Gasteiger partial charge on any atom is 0.448 e. The van der Waals surface area contributed by atoms with Gasteiger partial charge < -0.3 is 9.59 Å². The summed E-state index contributed by atoms with van der Waals surface area (Å²) in [5.74, 6) is -2.79. The van der Waals surface area contributed by atoms with Gasteiger partial charge in [-0.3, -0.25) is 4.79 Å². The van der Waals surface area contributed by atoms with Crippen LogP contribution in [0.5, 0.6) is 0 Å². The minimum Gasteiger partial charge on any atom is -0.504 e. The number of hydrogen-bond donors (Lipinski definition) is 1. The number of carbonyl (C=O) groups is 1. The van der Waals surface area contributed by atoms with E-state index < -0.39 is 17.7 Å². The molecule has 0 bridgehead atoms. The average molecular weight is 492 g/mol. The predicted octanol–water partition coefficient (Wildman–Crippen LogP) is 4.35. The SMILES string of the molecule is C[N+](C)(C)C.O=C(C=C(O)C(F)(F)F)c1ccc2ccccc2c1.[Eu]. The molecular formula is C18H21EuF3NO2+. The second-order valence-corrected chi connectivity index (χ2v) is 6.64. The maximum atomic E-state index is 12.1. The number of fused-ring (bicyclic) bond motifs is 1. The Balaban J connectivity index is 0.000000848. The van der Waals surface area contributed by atoms with Crippen molar-refractivity contribution in [3.63, 3.8) is 0 Å². The van der Waals surface area contributed by atoms with E-state index in [1.54, 1.807) is 18.2 Å². The number of benzene rings is 2. The smallest absolute Gasteiger partial charge is 0.448 e. The normalized spacial score (nSPS) is 12.0. The molecule has 2 rings (SSSR count). The van der Waals surface area contributed by atoms with Gasteiger partial charge in [0.1, 0.15) is 0 Å². The van der Waals surface area contributed by atoms with Gasteiger partial charge in [0.05, 0.1) is 28.2 Å². The summed E-state index contributed by atoms with van der Waals surface area (Å²) in [6, 6.07) is 11.7. The first-order chi connectivity index (χ1) is 10.9. The quantitative estimate of drug-likeness (QED) is 0.293. The summed E-state index contributed by atoms with van der Waals surface area (Å²) in [4.78, 5) is 11.6. The van der Waals surface area contributed by atoms with Crippen LogP contribution in [0.2, 0.25) is 0 Å². The summed E-state index contributed by atoms with van der Waals surface area (Å²) < 4.78 is 37.3. The molecular weight excluding hydrogens is 471 g/mol. The number of aliphatic hydroxyl groups excluding tert-OH is 1. The van der Waals surface area contributed by atoms with E-state index >= 15 is 0 Å². The average Bonchev–Trinajstić information content (AvgIpc) is 2.44. The number of ketones is 1. The van der Waals surface area contributed by atoms with E-state index in [-0.39, 0.29) is 61.0 Å². The van der Waals surface area contributed by atoms with Crippen LogP contribution in [0.3, 0.4) is 0 Å². The Labute approximate surface area is 186 Å². The molecule has 25 heavy (non-hydrogen) atoms. The van der Waals surface area contributed by atoms with Crippen LogP contribution in [0, 0.1) is 49.4 Å². The van der Waals surface area contributed by atoms with Crippen LogP contribution in [0.4, 0.5) is 13.2 Å². The number of halogens is 3. The molecule has 0 aromatic heterocycles. The van der Waals surface area contributed by atoms with Gasteiger partial charge in [-0.15, -0.1) is 0 Å². The maximum absolute atomic E-state index is 12.1. The van der Waals surface area contributed by atoms with Crippen molar-refractivity contribution in [2.24, 2.45) is 0 Å². The molecule has 3 nitrogen and oxygen atoms in total.